The van der Waals surface area contributed by atoms with Crippen molar-refractivity contribution < 1.29 is 4.74 Å². The first kappa shape index (κ1) is 14.2. The lowest BCUT2D eigenvalue weighted by atomic mass is 10.1. The minimum absolute atomic E-state index is 0.0200. The fourth-order valence-electron chi connectivity index (χ4n) is 1.43. The maximum absolute atomic E-state index is 5.69. The quantitative estimate of drug-likeness (QED) is 0.808. The Labute approximate surface area is 115 Å². The second-order valence-electron chi connectivity index (χ2n) is 6.01. The summed E-state index contributed by atoms with van der Waals surface area (Å²) in [7, 11) is 4.09. The molecule has 0 saturated heterocycles. The second-order valence-corrected chi connectivity index (χ2v) is 6.01. The fourth-order valence-corrected chi connectivity index (χ4v) is 1.43. The first-order valence-electron chi connectivity index (χ1n) is 6.83. The molecule has 1 fully saturated rings. The van der Waals surface area contributed by atoms with Crippen LogP contribution in [0.3, 0.4) is 0 Å². The largest absolute Gasteiger partial charge is 0.475 e. The van der Waals surface area contributed by atoms with Gasteiger partial charge in [0.2, 0.25) is 5.88 Å². The number of likely N-dealkylation sites (N-methyl/N-ethyl adjacent to an activating group) is 1. The van der Waals surface area contributed by atoms with Crippen LogP contribution in [0.2, 0.25) is 0 Å². The van der Waals surface area contributed by atoms with E-state index in [1.165, 1.54) is 12.8 Å². The molecule has 1 N–H and O–H groups in total. The molecule has 5 heteroatoms. The van der Waals surface area contributed by atoms with Crippen LogP contribution in [0.4, 0.5) is 0 Å². The highest BCUT2D eigenvalue weighted by atomic mass is 16.5. The molecule has 1 aliphatic rings. The average Bonchev–Trinajstić information content (AvgIpc) is 3.19. The van der Waals surface area contributed by atoms with Gasteiger partial charge in [0.1, 0.15) is 6.61 Å². The van der Waals surface area contributed by atoms with Gasteiger partial charge in [0.05, 0.1) is 5.69 Å². The summed E-state index contributed by atoms with van der Waals surface area (Å²) in [4.78, 5) is 2.13. The van der Waals surface area contributed by atoms with Crippen molar-refractivity contribution in [3.8, 4) is 5.88 Å². The number of nitrogens with one attached hydrogen (secondary N) is 1. The Hall–Kier alpha value is -1.20. The van der Waals surface area contributed by atoms with E-state index in [-0.39, 0.29) is 5.54 Å². The van der Waals surface area contributed by atoms with Crippen molar-refractivity contribution in [1.82, 2.24) is 20.4 Å². The number of aromatic nitrogens is 2. The third kappa shape index (κ3) is 4.44. The Morgan fingerprint density at radius 1 is 1.32 bits per heavy atom. The van der Waals surface area contributed by atoms with Gasteiger partial charge in [0.25, 0.3) is 0 Å². The van der Waals surface area contributed by atoms with E-state index in [4.69, 9.17) is 4.74 Å². The maximum Gasteiger partial charge on any atom is 0.233 e. The molecular weight excluding hydrogens is 240 g/mol. The predicted octanol–water partition coefficient (Wildman–Crippen LogP) is 1.45. The number of hydrogen-bond acceptors (Lipinski definition) is 5. The predicted molar refractivity (Wildman–Crippen MR) is 75.2 cm³/mol. The Morgan fingerprint density at radius 3 is 2.58 bits per heavy atom. The smallest absolute Gasteiger partial charge is 0.233 e. The van der Waals surface area contributed by atoms with Gasteiger partial charge in [-0.3, -0.25) is 0 Å². The molecular formula is C14H24N4O. The van der Waals surface area contributed by atoms with Gasteiger partial charge in [0, 0.05) is 24.2 Å². The van der Waals surface area contributed by atoms with E-state index in [1.54, 1.807) is 0 Å². The molecule has 1 saturated carbocycles. The summed E-state index contributed by atoms with van der Waals surface area (Å²) in [5.41, 5.74) is 0.944. The molecule has 1 heterocycles. The van der Waals surface area contributed by atoms with Gasteiger partial charge in [-0.05, 0) is 46.9 Å². The Kier molecular flexibility index (Phi) is 4.37. The molecule has 0 bridgehead atoms. The first-order valence-corrected chi connectivity index (χ1v) is 6.83. The molecule has 5 nitrogen and oxygen atoms in total. The van der Waals surface area contributed by atoms with E-state index < -0.39 is 0 Å². The van der Waals surface area contributed by atoms with Crippen LogP contribution in [-0.4, -0.2) is 47.4 Å². The van der Waals surface area contributed by atoms with Gasteiger partial charge in [-0.1, -0.05) is 0 Å². The van der Waals surface area contributed by atoms with Crippen molar-refractivity contribution >= 4 is 0 Å². The van der Waals surface area contributed by atoms with Crippen LogP contribution in [0.1, 0.15) is 32.4 Å². The van der Waals surface area contributed by atoms with E-state index in [9.17, 15) is 0 Å². The highest BCUT2D eigenvalue weighted by Crippen LogP contribution is 2.19. The second kappa shape index (κ2) is 5.84. The Bertz CT molecular complexity index is 398. The normalized spacial score (nSPS) is 15.8. The van der Waals surface area contributed by atoms with Gasteiger partial charge in [-0.15, -0.1) is 5.10 Å². The van der Waals surface area contributed by atoms with Crippen molar-refractivity contribution in [2.75, 3.05) is 20.7 Å². The lowest BCUT2D eigenvalue weighted by Crippen LogP contribution is -2.43. The monoisotopic (exact) mass is 264 g/mol. The number of rotatable bonds is 7. The fraction of sp³-hybridized carbons (Fsp3) is 0.714. The zero-order valence-electron chi connectivity index (χ0n) is 12.3. The van der Waals surface area contributed by atoms with Gasteiger partial charge in [-0.2, -0.15) is 5.10 Å². The number of ether oxygens (including phenoxy) is 1. The van der Waals surface area contributed by atoms with Crippen molar-refractivity contribution in [3.63, 3.8) is 0 Å². The van der Waals surface area contributed by atoms with E-state index in [1.807, 2.05) is 26.2 Å². The Balaban J connectivity index is 1.80. The molecule has 1 aromatic rings. The molecule has 19 heavy (non-hydrogen) atoms. The van der Waals surface area contributed by atoms with Crippen LogP contribution in [0.5, 0.6) is 5.88 Å². The molecule has 0 aliphatic heterocycles. The zero-order chi connectivity index (χ0) is 13.9. The minimum Gasteiger partial charge on any atom is -0.475 e. The van der Waals surface area contributed by atoms with Crippen molar-refractivity contribution in [3.05, 3.63) is 17.8 Å². The van der Waals surface area contributed by atoms with Crippen LogP contribution < -0.4 is 10.1 Å². The van der Waals surface area contributed by atoms with Crippen molar-refractivity contribution in [2.24, 2.45) is 0 Å². The summed E-state index contributed by atoms with van der Waals surface area (Å²) in [5.74, 6) is 0.588. The Morgan fingerprint density at radius 2 is 2.05 bits per heavy atom. The summed E-state index contributed by atoms with van der Waals surface area (Å²) in [6, 6.07) is 4.56. The highest BCUT2D eigenvalue weighted by molar-refractivity contribution is 5.12. The molecule has 0 radical (unpaired) electrons. The zero-order valence-corrected chi connectivity index (χ0v) is 12.3. The van der Waals surface area contributed by atoms with Crippen molar-refractivity contribution in [1.29, 1.82) is 0 Å². The summed E-state index contributed by atoms with van der Waals surface area (Å²) in [5, 5.41) is 11.7. The summed E-state index contributed by atoms with van der Waals surface area (Å²) in [6.07, 6.45) is 2.57. The third-order valence-corrected chi connectivity index (χ3v) is 3.63. The maximum atomic E-state index is 5.69. The van der Waals surface area contributed by atoms with Crippen LogP contribution in [-0.2, 0) is 6.54 Å². The summed E-state index contributed by atoms with van der Waals surface area (Å²) in [6.45, 7) is 5.65. The van der Waals surface area contributed by atoms with E-state index in [2.05, 4.69) is 34.3 Å². The summed E-state index contributed by atoms with van der Waals surface area (Å²) < 4.78 is 5.69. The molecule has 106 valence electrons. The lowest BCUT2D eigenvalue weighted by molar-refractivity contribution is 0.110. The molecule has 0 aromatic carbocycles. The number of hydrogen-bond donors (Lipinski definition) is 1. The summed E-state index contributed by atoms with van der Waals surface area (Å²) >= 11 is 0. The van der Waals surface area contributed by atoms with Crippen LogP contribution in [0.25, 0.3) is 0 Å². The van der Waals surface area contributed by atoms with Gasteiger partial charge >= 0.3 is 0 Å². The third-order valence-electron chi connectivity index (χ3n) is 3.63. The number of nitrogens with zero attached hydrogens (tertiary/aromatic N) is 3. The van der Waals surface area contributed by atoms with Gasteiger partial charge in [0.15, 0.2) is 0 Å². The molecule has 0 atom stereocenters. The lowest BCUT2D eigenvalue weighted by Gasteiger charge is -2.31. The molecule has 0 spiro atoms. The first-order chi connectivity index (χ1) is 8.97. The molecule has 0 amide bonds. The van der Waals surface area contributed by atoms with E-state index in [0.717, 1.165) is 12.2 Å². The molecule has 2 rings (SSSR count). The highest BCUT2D eigenvalue weighted by Gasteiger charge is 2.22. The molecule has 1 aliphatic carbocycles. The minimum atomic E-state index is -0.0200. The average molecular weight is 264 g/mol. The van der Waals surface area contributed by atoms with Gasteiger partial charge < -0.3 is 15.0 Å². The molecule has 0 unspecified atom stereocenters. The van der Waals surface area contributed by atoms with Crippen LogP contribution in [0, 0.1) is 0 Å². The van der Waals surface area contributed by atoms with E-state index >= 15 is 0 Å². The van der Waals surface area contributed by atoms with Crippen LogP contribution in [0.15, 0.2) is 12.1 Å². The standard InChI is InChI=1S/C14H24N4O/c1-14(2,18(3)4)10-19-13-8-7-12(16-17-13)9-15-11-5-6-11/h7-8,11,15H,5-6,9-10H2,1-4H3. The molecule has 1 aromatic heterocycles. The van der Waals surface area contributed by atoms with Gasteiger partial charge in [-0.25, -0.2) is 0 Å². The van der Waals surface area contributed by atoms with Crippen LogP contribution >= 0.6 is 0 Å². The van der Waals surface area contributed by atoms with Crippen molar-refractivity contribution in [2.45, 2.75) is 44.8 Å². The topological polar surface area (TPSA) is 50.3 Å². The van der Waals surface area contributed by atoms with E-state index in [0.29, 0.717) is 18.5 Å². The SMILES string of the molecule is CN(C)C(C)(C)COc1ccc(CNC2CC2)nn1.